The third kappa shape index (κ3) is 3.72. The van der Waals surface area contributed by atoms with Crippen molar-refractivity contribution in [2.24, 2.45) is 5.73 Å². The minimum atomic E-state index is -0.271. The normalized spacial score (nSPS) is 13.7. The van der Waals surface area contributed by atoms with Gasteiger partial charge in [-0.1, -0.05) is 30.3 Å². The smallest absolute Gasteiger partial charge is 0.224 e. The van der Waals surface area contributed by atoms with E-state index in [1.165, 1.54) is 0 Å². The van der Waals surface area contributed by atoms with E-state index in [9.17, 15) is 4.79 Å². The predicted molar refractivity (Wildman–Crippen MR) is 90.8 cm³/mol. The van der Waals surface area contributed by atoms with Gasteiger partial charge >= 0.3 is 0 Å². The van der Waals surface area contributed by atoms with Gasteiger partial charge in [0.25, 0.3) is 0 Å². The number of benzene rings is 1. The maximum Gasteiger partial charge on any atom is 0.224 e. The molecule has 2 N–H and O–H groups in total. The van der Waals surface area contributed by atoms with Crippen LogP contribution in [-0.2, 0) is 4.79 Å². The average Bonchev–Trinajstić information content (AvgIpc) is 2.85. The third-order valence-corrected chi connectivity index (χ3v) is 5.16. The van der Waals surface area contributed by atoms with Crippen LogP contribution < -0.4 is 5.73 Å². The molecule has 1 aromatic carbocycles. The van der Waals surface area contributed by atoms with Gasteiger partial charge in [-0.3, -0.25) is 4.79 Å². The lowest BCUT2D eigenvalue weighted by molar-refractivity contribution is -0.132. The van der Waals surface area contributed by atoms with Crippen LogP contribution in [0.3, 0.4) is 0 Å². The molecule has 2 aromatic rings. The zero-order chi connectivity index (χ0) is 16.3. The molecule has 0 radical (unpaired) electrons. The lowest BCUT2D eigenvalue weighted by Crippen LogP contribution is -2.32. The molecule has 0 bridgehead atoms. The van der Waals surface area contributed by atoms with Crippen molar-refractivity contribution in [1.29, 1.82) is 0 Å². The molecule has 1 amide bonds. The largest absolute Gasteiger partial charge is 0.338 e. The van der Waals surface area contributed by atoms with E-state index in [1.54, 1.807) is 16.2 Å². The molecule has 4 nitrogen and oxygen atoms in total. The van der Waals surface area contributed by atoms with Crippen LogP contribution in [-0.4, -0.2) is 22.8 Å². The Morgan fingerprint density at radius 1 is 1.32 bits per heavy atom. The monoisotopic (exact) mass is 317 g/mol. The summed E-state index contributed by atoms with van der Waals surface area (Å²) in [6, 6.07) is 9.48. The zero-order valence-electron chi connectivity index (χ0n) is 13.5. The summed E-state index contributed by atoms with van der Waals surface area (Å²) >= 11 is 1.65. The highest BCUT2D eigenvalue weighted by Crippen LogP contribution is 2.29. The fourth-order valence-corrected chi connectivity index (χ4v) is 3.50. The average molecular weight is 317 g/mol. The number of hydrogen-bond donors (Lipinski definition) is 1. The van der Waals surface area contributed by atoms with E-state index in [4.69, 9.17) is 5.73 Å². The van der Waals surface area contributed by atoms with E-state index < -0.39 is 0 Å². The van der Waals surface area contributed by atoms with Gasteiger partial charge in [-0.15, -0.1) is 11.3 Å². The van der Waals surface area contributed by atoms with Crippen LogP contribution in [0.25, 0.3) is 0 Å². The first-order chi connectivity index (χ1) is 10.4. The Kier molecular flexibility index (Phi) is 5.32. The van der Waals surface area contributed by atoms with Gasteiger partial charge in [0.05, 0.1) is 16.7 Å². The van der Waals surface area contributed by atoms with E-state index in [2.05, 4.69) is 4.98 Å². The van der Waals surface area contributed by atoms with Crippen LogP contribution in [0.1, 0.15) is 46.6 Å². The van der Waals surface area contributed by atoms with Crippen molar-refractivity contribution >= 4 is 17.2 Å². The highest BCUT2D eigenvalue weighted by Gasteiger charge is 2.23. The summed E-state index contributed by atoms with van der Waals surface area (Å²) in [5, 5.41) is 1.03. The molecule has 2 rings (SSSR count). The van der Waals surface area contributed by atoms with E-state index in [0.717, 1.165) is 21.1 Å². The van der Waals surface area contributed by atoms with Crippen LogP contribution in [0.4, 0.5) is 0 Å². The Balaban J connectivity index is 2.04. The first-order valence-electron chi connectivity index (χ1n) is 7.40. The number of carbonyl (C=O) groups is 1. The number of rotatable bonds is 5. The Morgan fingerprint density at radius 2 is 1.95 bits per heavy atom. The summed E-state index contributed by atoms with van der Waals surface area (Å²) in [7, 11) is 1.83. The fraction of sp³-hybridized carbons (Fsp3) is 0.412. The second-order valence-corrected chi connectivity index (χ2v) is 6.82. The molecule has 0 fully saturated rings. The first kappa shape index (κ1) is 16.6. The summed E-state index contributed by atoms with van der Waals surface area (Å²) < 4.78 is 0. The number of amides is 1. The molecule has 1 heterocycles. The molecule has 0 saturated heterocycles. The molecule has 0 saturated carbocycles. The summed E-state index contributed by atoms with van der Waals surface area (Å²) in [4.78, 5) is 19.8. The molecule has 0 aliphatic rings. The SMILES string of the molecule is Cc1nc(C)c(C(C)N(C)C(=O)CC(N)c2ccccc2)s1. The summed E-state index contributed by atoms with van der Waals surface area (Å²) in [5.41, 5.74) is 8.14. The van der Waals surface area contributed by atoms with Gasteiger partial charge < -0.3 is 10.6 Å². The number of nitrogens with two attached hydrogens (primary N) is 1. The maximum absolute atomic E-state index is 12.5. The minimum absolute atomic E-state index is 0.0154. The molecular formula is C17H23N3OS. The second-order valence-electron chi connectivity index (χ2n) is 5.58. The molecule has 0 aliphatic carbocycles. The number of hydrogen-bond acceptors (Lipinski definition) is 4. The molecule has 2 atom stereocenters. The van der Waals surface area contributed by atoms with Gasteiger partial charge in [0.1, 0.15) is 0 Å². The third-order valence-electron chi connectivity index (χ3n) is 3.92. The molecule has 118 valence electrons. The van der Waals surface area contributed by atoms with Gasteiger partial charge in [0.15, 0.2) is 0 Å². The zero-order valence-corrected chi connectivity index (χ0v) is 14.4. The van der Waals surface area contributed by atoms with Gasteiger partial charge in [0, 0.05) is 24.4 Å². The van der Waals surface area contributed by atoms with Crippen molar-refractivity contribution in [1.82, 2.24) is 9.88 Å². The van der Waals surface area contributed by atoms with Crippen LogP contribution in [0.2, 0.25) is 0 Å². The summed E-state index contributed by atoms with van der Waals surface area (Å²) in [5.74, 6) is 0.0503. The molecular weight excluding hydrogens is 294 g/mol. The van der Waals surface area contributed by atoms with Crippen molar-refractivity contribution in [2.45, 2.75) is 39.3 Å². The Bertz CT molecular complexity index is 639. The molecule has 0 spiro atoms. The predicted octanol–water partition coefficient (Wildman–Crippen LogP) is 3.37. The van der Waals surface area contributed by atoms with E-state index in [1.807, 2.05) is 58.2 Å². The standard InChI is InChI=1S/C17H23N3OS/c1-11-17(22-13(3)19-11)12(2)20(4)16(21)10-15(18)14-8-6-5-7-9-14/h5-9,12,15H,10,18H2,1-4H3. The van der Waals surface area contributed by atoms with Crippen LogP contribution in [0.5, 0.6) is 0 Å². The van der Waals surface area contributed by atoms with Crippen LogP contribution >= 0.6 is 11.3 Å². The van der Waals surface area contributed by atoms with Crippen molar-refractivity contribution in [3.63, 3.8) is 0 Å². The molecule has 22 heavy (non-hydrogen) atoms. The molecule has 5 heteroatoms. The highest BCUT2D eigenvalue weighted by molar-refractivity contribution is 7.11. The lowest BCUT2D eigenvalue weighted by atomic mass is 10.0. The number of aryl methyl sites for hydroxylation is 2. The molecule has 0 aliphatic heterocycles. The van der Waals surface area contributed by atoms with E-state index in [0.29, 0.717) is 6.42 Å². The van der Waals surface area contributed by atoms with E-state index in [-0.39, 0.29) is 18.0 Å². The van der Waals surface area contributed by atoms with Crippen molar-refractivity contribution in [2.75, 3.05) is 7.05 Å². The number of nitrogens with zero attached hydrogens (tertiary/aromatic N) is 2. The summed E-state index contributed by atoms with van der Waals surface area (Å²) in [6.07, 6.45) is 0.307. The topological polar surface area (TPSA) is 59.2 Å². The maximum atomic E-state index is 12.5. The quantitative estimate of drug-likeness (QED) is 0.920. The molecule has 1 aromatic heterocycles. The highest BCUT2D eigenvalue weighted by atomic mass is 32.1. The number of carbonyl (C=O) groups excluding carboxylic acids is 1. The van der Waals surface area contributed by atoms with Crippen molar-refractivity contribution in [3.05, 3.63) is 51.5 Å². The number of aromatic nitrogens is 1. The fourth-order valence-electron chi connectivity index (χ4n) is 2.48. The van der Waals surface area contributed by atoms with Gasteiger partial charge in [-0.05, 0) is 26.3 Å². The van der Waals surface area contributed by atoms with Crippen molar-refractivity contribution in [3.8, 4) is 0 Å². The first-order valence-corrected chi connectivity index (χ1v) is 8.22. The van der Waals surface area contributed by atoms with Crippen LogP contribution in [0, 0.1) is 13.8 Å². The van der Waals surface area contributed by atoms with Gasteiger partial charge in [0.2, 0.25) is 5.91 Å². The second kappa shape index (κ2) is 7.03. The van der Waals surface area contributed by atoms with E-state index >= 15 is 0 Å². The minimum Gasteiger partial charge on any atom is -0.338 e. The Hall–Kier alpha value is -1.72. The number of thiazole rings is 1. The lowest BCUT2D eigenvalue weighted by Gasteiger charge is -2.26. The van der Waals surface area contributed by atoms with Crippen molar-refractivity contribution < 1.29 is 4.79 Å². The Labute approximate surface area is 136 Å². The van der Waals surface area contributed by atoms with Gasteiger partial charge in [-0.25, -0.2) is 4.98 Å². The van der Waals surface area contributed by atoms with Crippen LogP contribution in [0.15, 0.2) is 30.3 Å². The van der Waals surface area contributed by atoms with Gasteiger partial charge in [-0.2, -0.15) is 0 Å². The Morgan fingerprint density at radius 3 is 2.50 bits per heavy atom. The summed E-state index contributed by atoms with van der Waals surface area (Å²) in [6.45, 7) is 6.01. The molecule has 2 unspecified atom stereocenters.